The number of imidazole rings is 1. The third-order valence-electron chi connectivity index (χ3n) is 3.56. The SMILES string of the molecule is CCCN(CC)CCn1c(C(C)Cl)nc2cc(Br)cnc21. The molecule has 6 heteroatoms. The lowest BCUT2D eigenvalue weighted by molar-refractivity contribution is 0.276. The maximum absolute atomic E-state index is 6.29. The molecule has 0 aliphatic rings. The van der Waals surface area contributed by atoms with Gasteiger partial charge < -0.3 is 9.47 Å². The Balaban J connectivity index is 2.30. The van der Waals surface area contributed by atoms with Crippen LogP contribution in [0.4, 0.5) is 0 Å². The quantitative estimate of drug-likeness (QED) is 0.681. The molecule has 116 valence electrons. The molecule has 21 heavy (non-hydrogen) atoms. The van der Waals surface area contributed by atoms with Crippen LogP contribution in [0.1, 0.15) is 38.4 Å². The first-order valence-corrected chi connectivity index (χ1v) is 8.67. The third-order valence-corrected chi connectivity index (χ3v) is 4.19. The normalized spacial score (nSPS) is 13.2. The second kappa shape index (κ2) is 7.56. The largest absolute Gasteiger partial charge is 0.310 e. The topological polar surface area (TPSA) is 34.0 Å². The zero-order chi connectivity index (χ0) is 15.4. The van der Waals surface area contributed by atoms with Gasteiger partial charge in [0.2, 0.25) is 0 Å². The molecular formula is C15H22BrClN4. The van der Waals surface area contributed by atoms with Crippen LogP contribution in [0.2, 0.25) is 0 Å². The van der Waals surface area contributed by atoms with Crippen LogP contribution in [0.5, 0.6) is 0 Å². The van der Waals surface area contributed by atoms with Crippen LogP contribution in [0.25, 0.3) is 11.2 Å². The van der Waals surface area contributed by atoms with E-state index in [1.54, 1.807) is 0 Å². The molecule has 2 aromatic rings. The average molecular weight is 374 g/mol. The zero-order valence-corrected chi connectivity index (χ0v) is 15.2. The number of halogens is 2. The first-order valence-electron chi connectivity index (χ1n) is 7.44. The molecule has 4 nitrogen and oxygen atoms in total. The molecule has 0 saturated heterocycles. The lowest BCUT2D eigenvalue weighted by Gasteiger charge is -2.20. The van der Waals surface area contributed by atoms with Crippen LogP contribution in [0.3, 0.4) is 0 Å². The number of hydrogen-bond acceptors (Lipinski definition) is 3. The van der Waals surface area contributed by atoms with Crippen molar-refractivity contribution in [2.45, 2.75) is 39.1 Å². The van der Waals surface area contributed by atoms with E-state index in [4.69, 9.17) is 11.6 Å². The number of likely N-dealkylation sites (N-methyl/N-ethyl adjacent to an activating group) is 1. The highest BCUT2D eigenvalue weighted by Crippen LogP contribution is 2.25. The molecule has 1 unspecified atom stereocenters. The summed E-state index contributed by atoms with van der Waals surface area (Å²) in [4.78, 5) is 11.6. The van der Waals surface area contributed by atoms with E-state index in [-0.39, 0.29) is 5.38 Å². The Hall–Kier alpha value is -0.650. The van der Waals surface area contributed by atoms with Gasteiger partial charge >= 0.3 is 0 Å². The van der Waals surface area contributed by atoms with Gasteiger partial charge in [0.05, 0.1) is 5.38 Å². The Kier molecular flexibility index (Phi) is 6.02. The van der Waals surface area contributed by atoms with E-state index in [1.165, 1.54) is 6.42 Å². The summed E-state index contributed by atoms with van der Waals surface area (Å²) in [6.45, 7) is 10.4. The van der Waals surface area contributed by atoms with E-state index in [0.717, 1.165) is 47.6 Å². The minimum absolute atomic E-state index is 0.126. The maximum atomic E-state index is 6.29. The minimum atomic E-state index is -0.126. The van der Waals surface area contributed by atoms with Crippen molar-refractivity contribution in [2.24, 2.45) is 0 Å². The number of aromatic nitrogens is 3. The number of fused-ring (bicyclic) bond motifs is 1. The fourth-order valence-electron chi connectivity index (χ4n) is 2.51. The number of pyridine rings is 1. The van der Waals surface area contributed by atoms with Gasteiger partial charge in [-0.3, -0.25) is 0 Å². The molecule has 1 atom stereocenters. The van der Waals surface area contributed by atoms with Crippen LogP contribution < -0.4 is 0 Å². The van der Waals surface area contributed by atoms with Crippen LogP contribution in [-0.4, -0.2) is 39.1 Å². The highest BCUT2D eigenvalue weighted by molar-refractivity contribution is 9.10. The van der Waals surface area contributed by atoms with E-state index in [0.29, 0.717) is 0 Å². The predicted molar refractivity (Wildman–Crippen MR) is 91.9 cm³/mol. The van der Waals surface area contributed by atoms with Crippen molar-refractivity contribution in [3.05, 3.63) is 22.6 Å². The number of alkyl halides is 1. The minimum Gasteiger partial charge on any atom is -0.310 e. The summed E-state index contributed by atoms with van der Waals surface area (Å²) in [6.07, 6.45) is 2.98. The molecule has 2 aromatic heterocycles. The molecule has 2 heterocycles. The zero-order valence-electron chi connectivity index (χ0n) is 12.8. The lowest BCUT2D eigenvalue weighted by atomic mass is 10.3. The Morgan fingerprint density at radius 2 is 2.14 bits per heavy atom. The fraction of sp³-hybridized carbons (Fsp3) is 0.600. The smallest absolute Gasteiger partial charge is 0.160 e. The van der Waals surface area contributed by atoms with Gasteiger partial charge in [-0.15, -0.1) is 11.6 Å². The summed E-state index contributed by atoms with van der Waals surface area (Å²) in [5.41, 5.74) is 1.80. The van der Waals surface area contributed by atoms with Crippen molar-refractivity contribution >= 4 is 38.7 Å². The summed E-state index contributed by atoms with van der Waals surface area (Å²) < 4.78 is 3.09. The van der Waals surface area contributed by atoms with Crippen LogP contribution in [0.15, 0.2) is 16.7 Å². The first-order chi connectivity index (χ1) is 10.1. The van der Waals surface area contributed by atoms with Gasteiger partial charge in [0.1, 0.15) is 11.3 Å². The Bertz CT molecular complexity index is 597. The van der Waals surface area contributed by atoms with Crippen molar-refractivity contribution < 1.29 is 0 Å². The summed E-state index contributed by atoms with van der Waals surface area (Å²) in [5.74, 6) is 0.893. The predicted octanol–water partition coefficient (Wildman–Crippen LogP) is 4.23. The summed E-state index contributed by atoms with van der Waals surface area (Å²) in [7, 11) is 0. The second-order valence-electron chi connectivity index (χ2n) is 5.17. The molecule has 0 fully saturated rings. The van der Waals surface area contributed by atoms with Crippen molar-refractivity contribution in [2.75, 3.05) is 19.6 Å². The number of nitrogens with zero attached hydrogens (tertiary/aromatic N) is 4. The highest BCUT2D eigenvalue weighted by Gasteiger charge is 2.16. The molecule has 0 amide bonds. The van der Waals surface area contributed by atoms with E-state index < -0.39 is 0 Å². The van der Waals surface area contributed by atoms with Crippen LogP contribution in [0, 0.1) is 0 Å². The number of rotatable bonds is 7. The fourth-order valence-corrected chi connectivity index (χ4v) is 3.00. The average Bonchev–Trinajstić information content (AvgIpc) is 2.81. The van der Waals surface area contributed by atoms with Crippen molar-refractivity contribution in [1.82, 2.24) is 19.4 Å². The number of hydrogen-bond donors (Lipinski definition) is 0. The molecule has 0 N–H and O–H groups in total. The van der Waals surface area contributed by atoms with Crippen LogP contribution in [-0.2, 0) is 6.54 Å². The van der Waals surface area contributed by atoms with Gasteiger partial charge in [0.15, 0.2) is 5.65 Å². The molecule has 0 aliphatic carbocycles. The molecule has 0 aromatic carbocycles. The molecule has 0 bridgehead atoms. The maximum Gasteiger partial charge on any atom is 0.160 e. The summed E-state index contributed by atoms with van der Waals surface area (Å²) in [5, 5.41) is -0.126. The monoisotopic (exact) mass is 372 g/mol. The Labute approximate surface area is 139 Å². The van der Waals surface area contributed by atoms with Crippen molar-refractivity contribution in [3.8, 4) is 0 Å². The third kappa shape index (κ3) is 3.96. The first kappa shape index (κ1) is 16.7. The summed E-state index contributed by atoms with van der Waals surface area (Å²) >= 11 is 9.74. The van der Waals surface area contributed by atoms with E-state index in [1.807, 2.05) is 19.2 Å². The molecule has 0 radical (unpaired) electrons. The molecule has 0 saturated carbocycles. The van der Waals surface area contributed by atoms with Crippen molar-refractivity contribution in [1.29, 1.82) is 0 Å². The molecular weight excluding hydrogens is 352 g/mol. The van der Waals surface area contributed by atoms with Crippen molar-refractivity contribution in [3.63, 3.8) is 0 Å². The van der Waals surface area contributed by atoms with Gasteiger partial charge in [0.25, 0.3) is 0 Å². The standard InChI is InChI=1S/C15H22BrClN4/c1-4-6-20(5-2)7-8-21-14(11(3)17)19-13-9-12(16)10-18-15(13)21/h9-11H,4-8H2,1-3H3. The van der Waals surface area contributed by atoms with Gasteiger partial charge in [-0.25, -0.2) is 9.97 Å². The highest BCUT2D eigenvalue weighted by atomic mass is 79.9. The molecule has 0 spiro atoms. The summed E-state index contributed by atoms with van der Waals surface area (Å²) in [6, 6.07) is 1.99. The Morgan fingerprint density at radius 1 is 1.38 bits per heavy atom. The Morgan fingerprint density at radius 3 is 2.76 bits per heavy atom. The second-order valence-corrected chi connectivity index (χ2v) is 6.74. The van der Waals surface area contributed by atoms with E-state index >= 15 is 0 Å². The van der Waals surface area contributed by atoms with Gasteiger partial charge in [0, 0.05) is 23.8 Å². The molecule has 2 rings (SSSR count). The van der Waals surface area contributed by atoms with E-state index in [9.17, 15) is 0 Å². The van der Waals surface area contributed by atoms with Gasteiger partial charge in [-0.05, 0) is 48.4 Å². The van der Waals surface area contributed by atoms with E-state index in [2.05, 4.69) is 49.2 Å². The van der Waals surface area contributed by atoms with Crippen LogP contribution >= 0.6 is 27.5 Å². The van der Waals surface area contributed by atoms with Gasteiger partial charge in [-0.1, -0.05) is 13.8 Å². The molecule has 0 aliphatic heterocycles. The lowest BCUT2D eigenvalue weighted by Crippen LogP contribution is -2.28. The van der Waals surface area contributed by atoms with Gasteiger partial charge in [-0.2, -0.15) is 0 Å².